The molecule has 1 N–H and O–H groups in total. The number of carbonyl (C=O) groups is 2. The van der Waals surface area contributed by atoms with Crippen LogP contribution < -0.4 is 0 Å². The molecule has 0 bridgehead atoms. The highest BCUT2D eigenvalue weighted by Crippen LogP contribution is 2.44. The van der Waals surface area contributed by atoms with Gasteiger partial charge < -0.3 is 19.3 Å². The van der Waals surface area contributed by atoms with E-state index >= 15 is 0 Å². The Morgan fingerprint density at radius 1 is 1.11 bits per heavy atom. The van der Waals surface area contributed by atoms with Gasteiger partial charge in [0.05, 0.1) is 25.4 Å². The number of esters is 2. The first kappa shape index (κ1) is 34.0. The van der Waals surface area contributed by atoms with Gasteiger partial charge in [0.2, 0.25) is 0 Å². The van der Waals surface area contributed by atoms with Crippen LogP contribution in [0.5, 0.6) is 0 Å². The molecule has 0 amide bonds. The van der Waals surface area contributed by atoms with E-state index in [0.717, 1.165) is 16.7 Å². The fourth-order valence-electron chi connectivity index (χ4n) is 3.85. The van der Waals surface area contributed by atoms with Crippen LogP contribution in [0.2, 0.25) is 5.02 Å². The Morgan fingerprint density at radius 2 is 1.79 bits per heavy atom. The van der Waals surface area contributed by atoms with Gasteiger partial charge in [-0.1, -0.05) is 62.5 Å². The quantitative estimate of drug-likeness (QED) is 0.128. The molecule has 1 unspecified atom stereocenters. The number of halogens is 1. The highest BCUT2D eigenvalue weighted by atomic mass is 35.5. The molecule has 0 radical (unpaired) electrons. The van der Waals surface area contributed by atoms with Crippen LogP contribution in [-0.2, 0) is 33.4 Å². The van der Waals surface area contributed by atoms with Gasteiger partial charge in [-0.05, 0) is 50.8 Å². The summed E-state index contributed by atoms with van der Waals surface area (Å²) in [5.41, 5.74) is 4.64. The smallest absolute Gasteiger partial charge is 0.373 e. The molecule has 1 aliphatic carbocycles. The van der Waals surface area contributed by atoms with Crippen LogP contribution in [0.3, 0.4) is 0 Å². The number of allylic oxidation sites excluding steroid dienone is 2. The van der Waals surface area contributed by atoms with Crippen molar-refractivity contribution in [3.05, 3.63) is 57.1 Å². The number of carbonyl (C=O) groups excluding carboxylic acids is 4. The van der Waals surface area contributed by atoms with Gasteiger partial charge in [-0.2, -0.15) is 9.59 Å². The van der Waals surface area contributed by atoms with Crippen LogP contribution in [0, 0.1) is 0 Å². The Bertz CT molecular complexity index is 1000. The van der Waals surface area contributed by atoms with Crippen molar-refractivity contribution in [2.45, 2.75) is 46.0 Å². The first-order valence-corrected chi connectivity index (χ1v) is 15.1. The molecule has 38 heavy (non-hydrogen) atoms. The lowest BCUT2D eigenvalue weighted by Crippen LogP contribution is -2.24. The number of hydrogen-bond donors (Lipinski definition) is 1. The highest BCUT2D eigenvalue weighted by Gasteiger charge is 2.34. The minimum absolute atomic E-state index is 0.145. The van der Waals surface area contributed by atoms with Gasteiger partial charge in [-0.25, -0.2) is 4.79 Å². The SMILES string of the molecule is CCOC(=O)C1=C(COCCCC(=O)OCCSSCCO)CC(C)=C(C)C1c1ccccc1Cl.O=C=O. The van der Waals surface area contributed by atoms with E-state index < -0.39 is 0 Å². The Balaban J connectivity index is 0.00000229. The number of ether oxygens (including phenoxy) is 3. The van der Waals surface area contributed by atoms with Crippen molar-refractivity contribution in [2.75, 3.05) is 44.5 Å². The molecule has 0 saturated heterocycles. The minimum Gasteiger partial charge on any atom is -0.465 e. The van der Waals surface area contributed by atoms with Crippen molar-refractivity contribution in [2.24, 2.45) is 0 Å². The summed E-state index contributed by atoms with van der Waals surface area (Å²) in [5.74, 6) is 0.480. The minimum atomic E-state index is -0.346. The molecule has 0 aliphatic heterocycles. The third-order valence-electron chi connectivity index (χ3n) is 5.60. The average molecular weight is 587 g/mol. The number of aliphatic hydroxyl groups is 1. The van der Waals surface area contributed by atoms with E-state index in [2.05, 4.69) is 6.92 Å². The third-order valence-corrected chi connectivity index (χ3v) is 8.29. The second kappa shape index (κ2) is 19.9. The Morgan fingerprint density at radius 3 is 2.45 bits per heavy atom. The number of aliphatic hydroxyl groups excluding tert-OH is 1. The summed E-state index contributed by atoms with van der Waals surface area (Å²) in [5, 5.41) is 9.35. The zero-order valence-electron chi connectivity index (χ0n) is 22.0. The van der Waals surface area contributed by atoms with E-state index in [0.29, 0.717) is 48.2 Å². The van der Waals surface area contributed by atoms with Gasteiger partial charge in [0.25, 0.3) is 0 Å². The number of benzene rings is 1. The van der Waals surface area contributed by atoms with Gasteiger partial charge in [-0.3, -0.25) is 4.79 Å². The Labute approximate surface area is 236 Å². The monoisotopic (exact) mass is 586 g/mol. The average Bonchev–Trinajstić information content (AvgIpc) is 2.88. The molecular weight excluding hydrogens is 552 g/mol. The molecule has 1 aliphatic rings. The molecule has 0 saturated carbocycles. The Hall–Kier alpha value is -2.07. The summed E-state index contributed by atoms with van der Waals surface area (Å²) in [6, 6.07) is 7.57. The van der Waals surface area contributed by atoms with Gasteiger partial charge >= 0.3 is 18.1 Å². The molecule has 1 atom stereocenters. The van der Waals surface area contributed by atoms with Crippen LogP contribution in [-0.4, -0.2) is 67.7 Å². The predicted octanol–water partition coefficient (Wildman–Crippen LogP) is 5.15. The largest absolute Gasteiger partial charge is 0.465 e. The van der Waals surface area contributed by atoms with E-state index in [1.54, 1.807) is 28.5 Å². The molecule has 1 aromatic carbocycles. The van der Waals surface area contributed by atoms with Crippen molar-refractivity contribution in [1.82, 2.24) is 0 Å². The van der Waals surface area contributed by atoms with Gasteiger partial charge in [-0.15, -0.1) is 0 Å². The fraction of sp³-hybridized carbons (Fsp3) is 0.519. The number of rotatable bonds is 15. The van der Waals surface area contributed by atoms with E-state index in [1.165, 1.54) is 5.57 Å². The van der Waals surface area contributed by atoms with E-state index in [1.807, 2.05) is 31.2 Å². The molecule has 11 heteroatoms. The molecule has 8 nitrogen and oxygen atoms in total. The zero-order chi connectivity index (χ0) is 28.3. The van der Waals surface area contributed by atoms with Crippen molar-refractivity contribution in [1.29, 1.82) is 0 Å². The maximum absolute atomic E-state index is 13.0. The van der Waals surface area contributed by atoms with Crippen LogP contribution >= 0.6 is 33.2 Å². The molecule has 0 heterocycles. The standard InChI is InChI=1S/C26H35ClO6S2.CO2/c1-4-32-26(30)25-20(16-18(2)19(3)24(25)21-8-5-6-9-22(21)27)17-31-12-7-10-23(29)33-13-15-35-34-14-11-28;2-1-3/h5-6,8-9,24,28H,4,7,10-17H2,1-3H3;. The topological polar surface area (TPSA) is 116 Å². The first-order chi connectivity index (χ1) is 18.3. The second-order valence-corrected chi connectivity index (χ2v) is 11.3. The highest BCUT2D eigenvalue weighted by molar-refractivity contribution is 8.76. The van der Waals surface area contributed by atoms with Crippen molar-refractivity contribution in [3.8, 4) is 0 Å². The molecule has 0 spiro atoms. The summed E-state index contributed by atoms with van der Waals surface area (Å²) in [7, 11) is 3.13. The fourth-order valence-corrected chi connectivity index (χ4v) is 5.69. The van der Waals surface area contributed by atoms with Crippen LogP contribution in [0.4, 0.5) is 0 Å². The van der Waals surface area contributed by atoms with Crippen LogP contribution in [0.15, 0.2) is 46.6 Å². The molecule has 0 aromatic heterocycles. The summed E-state index contributed by atoms with van der Waals surface area (Å²) in [6.07, 6.45) is 1.70. The van der Waals surface area contributed by atoms with E-state index in [9.17, 15) is 9.59 Å². The normalized spacial score (nSPS) is 14.9. The Kier molecular flexibility index (Phi) is 17.8. The number of hydrogen-bond acceptors (Lipinski definition) is 10. The van der Waals surface area contributed by atoms with E-state index in [-0.39, 0.29) is 50.2 Å². The van der Waals surface area contributed by atoms with Crippen LogP contribution in [0.25, 0.3) is 0 Å². The summed E-state index contributed by atoms with van der Waals surface area (Å²) in [6.45, 7) is 7.35. The zero-order valence-corrected chi connectivity index (χ0v) is 24.3. The van der Waals surface area contributed by atoms with Crippen molar-refractivity contribution in [3.63, 3.8) is 0 Å². The summed E-state index contributed by atoms with van der Waals surface area (Å²) in [4.78, 5) is 41.2. The van der Waals surface area contributed by atoms with Crippen molar-refractivity contribution >= 4 is 51.3 Å². The van der Waals surface area contributed by atoms with Crippen LogP contribution in [0.1, 0.15) is 51.5 Å². The van der Waals surface area contributed by atoms with Crippen molar-refractivity contribution < 1.29 is 38.5 Å². The summed E-state index contributed by atoms with van der Waals surface area (Å²) >= 11 is 6.52. The molecule has 1 aromatic rings. The second-order valence-electron chi connectivity index (χ2n) is 8.16. The maximum Gasteiger partial charge on any atom is 0.373 e. The maximum atomic E-state index is 13.0. The summed E-state index contributed by atoms with van der Waals surface area (Å²) < 4.78 is 16.5. The van der Waals surface area contributed by atoms with Gasteiger partial charge in [0, 0.05) is 35.5 Å². The van der Waals surface area contributed by atoms with Gasteiger partial charge in [0.1, 0.15) is 6.61 Å². The van der Waals surface area contributed by atoms with Gasteiger partial charge in [0.15, 0.2) is 0 Å². The first-order valence-electron chi connectivity index (χ1n) is 12.2. The lowest BCUT2D eigenvalue weighted by atomic mass is 9.75. The lowest BCUT2D eigenvalue weighted by Gasteiger charge is -2.31. The third kappa shape index (κ3) is 11.8. The molecular formula is C27H35ClO8S2. The lowest BCUT2D eigenvalue weighted by molar-refractivity contribution is -0.191. The molecule has 210 valence electrons. The molecule has 0 fully saturated rings. The molecule has 2 rings (SSSR count). The van der Waals surface area contributed by atoms with E-state index in [4.69, 9.17) is 40.5 Å². The predicted molar refractivity (Wildman–Crippen MR) is 149 cm³/mol.